The third-order valence-electron chi connectivity index (χ3n) is 3.38. The van der Waals surface area contributed by atoms with E-state index in [-0.39, 0.29) is 0 Å². The van der Waals surface area contributed by atoms with Crippen LogP contribution < -0.4 is 5.32 Å². The van der Waals surface area contributed by atoms with E-state index in [4.69, 9.17) is 9.47 Å². The van der Waals surface area contributed by atoms with Crippen LogP contribution in [0.3, 0.4) is 0 Å². The fourth-order valence-electron chi connectivity index (χ4n) is 2.33. The van der Waals surface area contributed by atoms with Crippen LogP contribution in [0.4, 0.5) is 5.95 Å². The van der Waals surface area contributed by atoms with E-state index in [0.717, 1.165) is 51.7 Å². The van der Waals surface area contributed by atoms with Crippen molar-refractivity contribution in [1.29, 1.82) is 0 Å². The number of nitrogens with one attached hydrogen (secondary N) is 1. The molecule has 1 aromatic rings. The highest BCUT2D eigenvalue weighted by molar-refractivity contribution is 5.25. The highest BCUT2D eigenvalue weighted by Gasteiger charge is 2.15. The molecule has 0 aromatic carbocycles. The number of aryl methyl sites for hydroxylation is 1. The summed E-state index contributed by atoms with van der Waals surface area (Å²) in [5, 5.41) is 3.36. The van der Waals surface area contributed by atoms with E-state index in [1.165, 1.54) is 12.8 Å². The number of hydrogen-bond acceptors (Lipinski definition) is 4. The zero-order chi connectivity index (χ0) is 13.3. The molecule has 1 unspecified atom stereocenters. The van der Waals surface area contributed by atoms with Crippen molar-refractivity contribution < 1.29 is 9.47 Å². The van der Waals surface area contributed by atoms with Crippen molar-refractivity contribution in [3.8, 4) is 0 Å². The van der Waals surface area contributed by atoms with E-state index in [9.17, 15) is 0 Å². The first kappa shape index (κ1) is 14.3. The number of ether oxygens (including phenoxy) is 2. The van der Waals surface area contributed by atoms with E-state index < -0.39 is 0 Å². The maximum absolute atomic E-state index is 5.65. The van der Waals surface area contributed by atoms with Gasteiger partial charge in [-0.1, -0.05) is 0 Å². The zero-order valence-corrected chi connectivity index (χ0v) is 11.8. The van der Waals surface area contributed by atoms with E-state index in [2.05, 4.69) is 14.9 Å². The predicted molar refractivity (Wildman–Crippen MR) is 75.4 cm³/mol. The second-order valence-corrected chi connectivity index (χ2v) is 4.85. The summed E-state index contributed by atoms with van der Waals surface area (Å²) >= 11 is 0. The molecule has 0 bridgehead atoms. The normalized spacial score (nSPS) is 18.9. The van der Waals surface area contributed by atoms with Crippen molar-refractivity contribution in [3.05, 3.63) is 12.4 Å². The summed E-state index contributed by atoms with van der Waals surface area (Å²) in [7, 11) is 0. The van der Waals surface area contributed by atoms with Gasteiger partial charge in [-0.25, -0.2) is 4.98 Å². The molecule has 2 rings (SSSR count). The molecule has 1 fully saturated rings. The van der Waals surface area contributed by atoms with Crippen LogP contribution >= 0.6 is 0 Å². The summed E-state index contributed by atoms with van der Waals surface area (Å²) in [6.45, 7) is 6.41. The maximum atomic E-state index is 5.65. The van der Waals surface area contributed by atoms with Gasteiger partial charge in [-0.05, 0) is 32.6 Å². The maximum Gasteiger partial charge on any atom is 0.202 e. The average Bonchev–Trinajstić information content (AvgIpc) is 3.07. The second kappa shape index (κ2) is 8.17. The minimum atomic E-state index is 0.438. The molecule has 5 heteroatoms. The number of rotatable bonds is 9. The number of imidazole rings is 1. The lowest BCUT2D eigenvalue weighted by Gasteiger charge is -2.12. The van der Waals surface area contributed by atoms with Crippen molar-refractivity contribution >= 4 is 5.95 Å². The summed E-state index contributed by atoms with van der Waals surface area (Å²) in [5.41, 5.74) is 0. The van der Waals surface area contributed by atoms with E-state index in [0.29, 0.717) is 6.10 Å². The van der Waals surface area contributed by atoms with Crippen molar-refractivity contribution in [2.45, 2.75) is 45.3 Å². The van der Waals surface area contributed by atoms with E-state index >= 15 is 0 Å². The SMILES string of the molecule is CCOCCCNc1nccn1CCC1CCCO1. The first-order valence-corrected chi connectivity index (χ1v) is 7.34. The van der Waals surface area contributed by atoms with Gasteiger partial charge in [0.2, 0.25) is 5.95 Å². The lowest BCUT2D eigenvalue weighted by atomic mass is 10.2. The van der Waals surface area contributed by atoms with Crippen molar-refractivity contribution in [2.75, 3.05) is 31.7 Å². The first-order valence-electron chi connectivity index (χ1n) is 7.34. The van der Waals surface area contributed by atoms with Crippen LogP contribution in [0.25, 0.3) is 0 Å². The van der Waals surface area contributed by atoms with Crippen LogP contribution in [0, 0.1) is 0 Å². The summed E-state index contributed by atoms with van der Waals surface area (Å²) in [5.74, 6) is 0.953. The van der Waals surface area contributed by atoms with Gasteiger partial charge >= 0.3 is 0 Å². The molecule has 5 nitrogen and oxygen atoms in total. The molecule has 1 aliphatic heterocycles. The number of hydrogen-bond donors (Lipinski definition) is 1. The van der Waals surface area contributed by atoms with Crippen molar-refractivity contribution in [2.24, 2.45) is 0 Å². The van der Waals surface area contributed by atoms with Gasteiger partial charge in [0.05, 0.1) is 6.10 Å². The van der Waals surface area contributed by atoms with Gasteiger partial charge in [-0.2, -0.15) is 0 Å². The minimum Gasteiger partial charge on any atom is -0.382 e. The Kier molecular flexibility index (Phi) is 6.17. The Morgan fingerprint density at radius 1 is 1.58 bits per heavy atom. The molecular weight excluding hydrogens is 242 g/mol. The molecule has 1 saturated heterocycles. The Bertz CT molecular complexity index is 348. The van der Waals surface area contributed by atoms with Crippen LogP contribution in [0.5, 0.6) is 0 Å². The molecule has 1 atom stereocenters. The molecular formula is C14H25N3O2. The standard InChI is InChI=1S/C14H25N3O2/c1-2-18-11-4-7-15-14-16-8-10-17(14)9-6-13-5-3-12-19-13/h8,10,13H,2-7,9,11-12H2,1H3,(H,15,16). The fourth-order valence-corrected chi connectivity index (χ4v) is 2.33. The van der Waals surface area contributed by atoms with Crippen LogP contribution in [0.2, 0.25) is 0 Å². The Morgan fingerprint density at radius 3 is 3.32 bits per heavy atom. The summed E-state index contributed by atoms with van der Waals surface area (Å²) in [6, 6.07) is 0. The number of aromatic nitrogens is 2. The third-order valence-corrected chi connectivity index (χ3v) is 3.38. The highest BCUT2D eigenvalue weighted by Crippen LogP contribution is 2.17. The van der Waals surface area contributed by atoms with Gasteiger partial charge in [-0.3, -0.25) is 0 Å². The molecule has 1 aromatic heterocycles. The number of anilines is 1. The monoisotopic (exact) mass is 267 g/mol. The van der Waals surface area contributed by atoms with Crippen LogP contribution in [-0.4, -0.2) is 42.0 Å². The fraction of sp³-hybridized carbons (Fsp3) is 0.786. The quantitative estimate of drug-likeness (QED) is 0.697. The molecule has 1 N–H and O–H groups in total. The molecule has 108 valence electrons. The van der Waals surface area contributed by atoms with E-state index in [1.54, 1.807) is 0 Å². The molecule has 0 radical (unpaired) electrons. The van der Waals surface area contributed by atoms with Crippen LogP contribution in [-0.2, 0) is 16.0 Å². The van der Waals surface area contributed by atoms with Gasteiger partial charge in [-0.15, -0.1) is 0 Å². The zero-order valence-electron chi connectivity index (χ0n) is 11.8. The number of nitrogens with zero attached hydrogens (tertiary/aromatic N) is 2. The Hall–Kier alpha value is -1.07. The van der Waals surface area contributed by atoms with Gasteiger partial charge < -0.3 is 19.4 Å². The Labute approximate surface area is 115 Å². The predicted octanol–water partition coefficient (Wildman–Crippen LogP) is 2.29. The smallest absolute Gasteiger partial charge is 0.202 e. The van der Waals surface area contributed by atoms with Gasteiger partial charge in [0.15, 0.2) is 0 Å². The lowest BCUT2D eigenvalue weighted by molar-refractivity contribution is 0.100. The highest BCUT2D eigenvalue weighted by atomic mass is 16.5. The van der Waals surface area contributed by atoms with Crippen molar-refractivity contribution in [3.63, 3.8) is 0 Å². The molecule has 2 heterocycles. The summed E-state index contributed by atoms with van der Waals surface area (Å²) in [6.07, 6.45) is 8.80. The third kappa shape index (κ3) is 4.84. The Morgan fingerprint density at radius 2 is 2.53 bits per heavy atom. The largest absolute Gasteiger partial charge is 0.382 e. The summed E-state index contributed by atoms with van der Waals surface area (Å²) in [4.78, 5) is 4.35. The molecule has 0 saturated carbocycles. The topological polar surface area (TPSA) is 48.3 Å². The van der Waals surface area contributed by atoms with Gasteiger partial charge in [0.1, 0.15) is 0 Å². The van der Waals surface area contributed by atoms with Gasteiger partial charge in [0.25, 0.3) is 0 Å². The van der Waals surface area contributed by atoms with Crippen LogP contribution in [0.1, 0.15) is 32.6 Å². The molecule has 0 aliphatic carbocycles. The molecule has 0 spiro atoms. The van der Waals surface area contributed by atoms with Crippen molar-refractivity contribution in [1.82, 2.24) is 9.55 Å². The summed E-state index contributed by atoms with van der Waals surface area (Å²) < 4.78 is 13.1. The van der Waals surface area contributed by atoms with Crippen LogP contribution in [0.15, 0.2) is 12.4 Å². The lowest BCUT2D eigenvalue weighted by Crippen LogP contribution is -2.14. The Balaban J connectivity index is 1.67. The van der Waals surface area contributed by atoms with E-state index in [1.807, 2.05) is 19.3 Å². The molecule has 1 aliphatic rings. The average molecular weight is 267 g/mol. The molecule has 0 amide bonds. The second-order valence-electron chi connectivity index (χ2n) is 4.85. The molecule has 19 heavy (non-hydrogen) atoms. The minimum absolute atomic E-state index is 0.438. The van der Waals surface area contributed by atoms with Gasteiger partial charge in [0, 0.05) is 45.3 Å². The first-order chi connectivity index (χ1) is 9.40.